The molecule has 0 fully saturated rings. The summed E-state index contributed by atoms with van der Waals surface area (Å²) in [4.78, 5) is 0. The average molecular weight is 346 g/mol. The van der Waals surface area contributed by atoms with Crippen molar-refractivity contribution < 1.29 is 0 Å². The number of rotatable bonds is 17. The summed E-state index contributed by atoms with van der Waals surface area (Å²) in [5, 5.41) is 3.86. The van der Waals surface area contributed by atoms with Gasteiger partial charge in [-0.1, -0.05) is 115 Å². The van der Waals surface area contributed by atoms with Crippen LogP contribution in [-0.4, -0.2) is 12.6 Å². The van der Waals surface area contributed by atoms with E-state index in [1.165, 1.54) is 102 Å². The van der Waals surface area contributed by atoms with Crippen molar-refractivity contribution in [2.45, 2.75) is 110 Å². The maximum atomic E-state index is 3.86. The predicted molar refractivity (Wildman–Crippen MR) is 113 cm³/mol. The van der Waals surface area contributed by atoms with Crippen LogP contribution >= 0.6 is 0 Å². The molecule has 1 aromatic carbocycles. The Bertz CT molecular complexity index is 373. The molecule has 0 aromatic heterocycles. The average Bonchev–Trinajstić information content (AvgIpc) is 2.64. The van der Waals surface area contributed by atoms with Crippen LogP contribution in [0.5, 0.6) is 0 Å². The number of hydrogen-bond acceptors (Lipinski definition) is 1. The van der Waals surface area contributed by atoms with Crippen LogP contribution in [0.25, 0.3) is 0 Å². The lowest BCUT2D eigenvalue weighted by atomic mass is 9.99. The van der Waals surface area contributed by atoms with E-state index in [4.69, 9.17) is 0 Å². The molecule has 1 rings (SSSR count). The smallest absolute Gasteiger partial charge is 0.0107 e. The van der Waals surface area contributed by atoms with Crippen molar-refractivity contribution in [3.05, 3.63) is 35.9 Å². The molecule has 0 heterocycles. The molecule has 0 spiro atoms. The Kier molecular flexibility index (Phi) is 14.8. The van der Waals surface area contributed by atoms with Crippen LogP contribution in [-0.2, 0) is 6.42 Å². The highest BCUT2D eigenvalue weighted by atomic mass is 14.9. The Labute approximate surface area is 158 Å². The van der Waals surface area contributed by atoms with E-state index in [0.717, 1.165) is 0 Å². The topological polar surface area (TPSA) is 12.0 Å². The zero-order chi connectivity index (χ0) is 18.0. The van der Waals surface area contributed by atoms with Crippen molar-refractivity contribution >= 4 is 0 Å². The fourth-order valence-corrected chi connectivity index (χ4v) is 3.56. The maximum absolute atomic E-state index is 3.86. The molecule has 1 unspecified atom stereocenters. The van der Waals surface area contributed by atoms with Gasteiger partial charge >= 0.3 is 0 Å². The second-order valence-electron chi connectivity index (χ2n) is 7.66. The molecule has 0 bridgehead atoms. The Morgan fingerprint density at radius 3 is 1.88 bits per heavy atom. The van der Waals surface area contributed by atoms with Crippen LogP contribution in [0.3, 0.4) is 0 Å². The van der Waals surface area contributed by atoms with E-state index in [1.54, 1.807) is 0 Å². The van der Waals surface area contributed by atoms with E-state index < -0.39 is 0 Å². The number of nitrogens with one attached hydrogen (secondary N) is 1. The van der Waals surface area contributed by atoms with Crippen molar-refractivity contribution in [3.8, 4) is 0 Å². The summed E-state index contributed by atoms with van der Waals surface area (Å²) in [6.07, 6.45) is 19.2. The second-order valence-corrected chi connectivity index (χ2v) is 7.66. The highest BCUT2D eigenvalue weighted by Gasteiger charge is 2.08. The van der Waals surface area contributed by atoms with Gasteiger partial charge in [-0.25, -0.2) is 0 Å². The summed E-state index contributed by atoms with van der Waals surface area (Å²) >= 11 is 0. The molecule has 0 radical (unpaired) electrons. The first-order valence-electron chi connectivity index (χ1n) is 11.1. The van der Waals surface area contributed by atoms with E-state index >= 15 is 0 Å². The van der Waals surface area contributed by atoms with E-state index in [-0.39, 0.29) is 0 Å². The van der Waals surface area contributed by atoms with E-state index in [1.807, 2.05) is 0 Å². The lowest BCUT2D eigenvalue weighted by Gasteiger charge is -2.19. The van der Waals surface area contributed by atoms with E-state index in [0.29, 0.717) is 6.04 Å². The van der Waals surface area contributed by atoms with E-state index in [9.17, 15) is 0 Å². The first-order chi connectivity index (χ1) is 12.4. The number of hydrogen-bond donors (Lipinski definition) is 1. The van der Waals surface area contributed by atoms with Gasteiger partial charge in [0.05, 0.1) is 0 Å². The number of unbranched alkanes of at least 4 members (excludes halogenated alkanes) is 10. The van der Waals surface area contributed by atoms with Crippen LogP contribution in [0.1, 0.15) is 103 Å². The molecule has 0 saturated heterocycles. The molecule has 1 atom stereocenters. The monoisotopic (exact) mass is 345 g/mol. The fourth-order valence-electron chi connectivity index (χ4n) is 3.56. The van der Waals surface area contributed by atoms with Crippen molar-refractivity contribution in [1.82, 2.24) is 5.32 Å². The quantitative estimate of drug-likeness (QED) is 0.292. The first-order valence-corrected chi connectivity index (χ1v) is 11.1. The normalized spacial score (nSPS) is 12.4. The minimum absolute atomic E-state index is 0.657. The van der Waals surface area contributed by atoms with Crippen LogP contribution in [0.4, 0.5) is 0 Å². The fraction of sp³-hybridized carbons (Fsp3) is 0.750. The largest absolute Gasteiger partial charge is 0.314 e. The summed E-state index contributed by atoms with van der Waals surface area (Å²) < 4.78 is 0. The van der Waals surface area contributed by atoms with Gasteiger partial charge in [-0.3, -0.25) is 0 Å². The van der Waals surface area contributed by atoms with Gasteiger partial charge in [0.15, 0.2) is 0 Å². The second kappa shape index (κ2) is 16.6. The standard InChI is InChI=1S/C24H43N/c1-3-5-7-9-10-11-16-20-24(22-23-18-14-13-15-19-23)25-21-17-12-8-6-4-2/h13-15,18-19,24-25H,3-12,16-17,20-22H2,1-2H3. The van der Waals surface area contributed by atoms with Crippen molar-refractivity contribution in [3.63, 3.8) is 0 Å². The van der Waals surface area contributed by atoms with Gasteiger partial charge in [0.1, 0.15) is 0 Å². The van der Waals surface area contributed by atoms with Crippen LogP contribution in [0.15, 0.2) is 30.3 Å². The van der Waals surface area contributed by atoms with Gasteiger partial charge in [0.2, 0.25) is 0 Å². The SMILES string of the molecule is CCCCCCCCCC(Cc1ccccc1)NCCCCCCC. The van der Waals surface area contributed by atoms with Crippen molar-refractivity contribution in [2.24, 2.45) is 0 Å². The van der Waals surface area contributed by atoms with Gasteiger partial charge in [0.25, 0.3) is 0 Å². The van der Waals surface area contributed by atoms with Gasteiger partial charge in [-0.15, -0.1) is 0 Å². The molecule has 1 aromatic rings. The molecule has 0 saturated carbocycles. The third kappa shape index (κ3) is 13.1. The molecular weight excluding hydrogens is 302 g/mol. The Hall–Kier alpha value is -0.820. The summed E-state index contributed by atoms with van der Waals surface area (Å²) in [5.41, 5.74) is 1.48. The van der Waals surface area contributed by atoms with Crippen molar-refractivity contribution in [2.75, 3.05) is 6.54 Å². The van der Waals surface area contributed by atoms with Gasteiger partial charge in [-0.2, -0.15) is 0 Å². The maximum Gasteiger partial charge on any atom is 0.0107 e. The van der Waals surface area contributed by atoms with Gasteiger partial charge < -0.3 is 5.32 Å². The van der Waals surface area contributed by atoms with Gasteiger partial charge in [-0.05, 0) is 31.4 Å². The summed E-state index contributed by atoms with van der Waals surface area (Å²) in [6, 6.07) is 11.7. The molecule has 0 aliphatic carbocycles. The molecule has 0 aliphatic rings. The van der Waals surface area contributed by atoms with Crippen LogP contribution in [0.2, 0.25) is 0 Å². The molecular formula is C24H43N. The summed E-state index contributed by atoms with van der Waals surface area (Å²) in [6.45, 7) is 5.77. The molecule has 1 N–H and O–H groups in total. The first kappa shape index (κ1) is 22.2. The van der Waals surface area contributed by atoms with Crippen LogP contribution in [0, 0.1) is 0 Å². The number of benzene rings is 1. The highest BCUT2D eigenvalue weighted by Crippen LogP contribution is 2.13. The molecule has 1 heteroatoms. The predicted octanol–water partition coefficient (Wildman–Crippen LogP) is 7.30. The molecule has 0 amide bonds. The molecule has 0 aliphatic heterocycles. The lowest BCUT2D eigenvalue weighted by Crippen LogP contribution is -2.32. The Morgan fingerprint density at radius 1 is 0.680 bits per heavy atom. The highest BCUT2D eigenvalue weighted by molar-refractivity contribution is 5.15. The molecule has 25 heavy (non-hydrogen) atoms. The third-order valence-electron chi connectivity index (χ3n) is 5.19. The zero-order valence-corrected chi connectivity index (χ0v) is 17.1. The Morgan fingerprint density at radius 2 is 1.24 bits per heavy atom. The zero-order valence-electron chi connectivity index (χ0n) is 17.1. The molecule has 1 nitrogen and oxygen atoms in total. The Balaban J connectivity index is 2.22. The third-order valence-corrected chi connectivity index (χ3v) is 5.19. The van der Waals surface area contributed by atoms with Crippen molar-refractivity contribution in [1.29, 1.82) is 0 Å². The van der Waals surface area contributed by atoms with E-state index in [2.05, 4.69) is 49.5 Å². The lowest BCUT2D eigenvalue weighted by molar-refractivity contribution is 0.440. The summed E-state index contributed by atoms with van der Waals surface area (Å²) in [5.74, 6) is 0. The van der Waals surface area contributed by atoms with Gasteiger partial charge in [0, 0.05) is 6.04 Å². The minimum Gasteiger partial charge on any atom is -0.314 e. The molecule has 144 valence electrons. The minimum atomic E-state index is 0.657. The summed E-state index contributed by atoms with van der Waals surface area (Å²) in [7, 11) is 0. The van der Waals surface area contributed by atoms with Crippen LogP contribution < -0.4 is 5.32 Å².